The largest absolute Gasteiger partial charge is 0.385 e. The van der Waals surface area contributed by atoms with E-state index in [9.17, 15) is 4.39 Å². The lowest BCUT2D eigenvalue weighted by Crippen LogP contribution is -1.86. The Morgan fingerprint density at radius 2 is 2.27 bits per heavy atom. The van der Waals surface area contributed by atoms with E-state index < -0.39 is 5.82 Å². The van der Waals surface area contributed by atoms with E-state index in [1.54, 1.807) is 6.07 Å². The summed E-state index contributed by atoms with van der Waals surface area (Å²) in [6.45, 7) is 0.782. The number of hydrogen-bond donors (Lipinski definition) is 1. The molecule has 55 valence electrons. The summed E-state index contributed by atoms with van der Waals surface area (Å²) in [7, 11) is 0. The van der Waals surface area contributed by atoms with Crippen LogP contribution in [0.1, 0.15) is 11.1 Å². The minimum atomic E-state index is -0.615. The van der Waals surface area contributed by atoms with Crippen molar-refractivity contribution in [2.45, 2.75) is 0 Å². The van der Waals surface area contributed by atoms with Gasteiger partial charge in [0.15, 0.2) is 0 Å². The van der Waals surface area contributed by atoms with Crippen molar-refractivity contribution < 1.29 is 9.50 Å². The van der Waals surface area contributed by atoms with Crippen LogP contribution in [-0.2, 0) is 0 Å². The second-order valence-corrected chi connectivity index (χ2v) is 1.98. The summed E-state index contributed by atoms with van der Waals surface area (Å²) in [5.74, 6) is -0.615. The molecule has 0 spiro atoms. The molecule has 0 aliphatic carbocycles. The van der Waals surface area contributed by atoms with Gasteiger partial charge in [0, 0.05) is 0 Å². The van der Waals surface area contributed by atoms with E-state index in [-0.39, 0.29) is 5.56 Å². The zero-order valence-electron chi connectivity index (χ0n) is 5.58. The van der Waals surface area contributed by atoms with Crippen LogP contribution in [0.25, 0.3) is 0 Å². The fourth-order valence-electron chi connectivity index (χ4n) is 0.702. The van der Waals surface area contributed by atoms with E-state index >= 15 is 0 Å². The predicted octanol–water partition coefficient (Wildman–Crippen LogP) is 1.58. The van der Waals surface area contributed by atoms with Crippen LogP contribution >= 0.6 is 0 Å². The zero-order valence-corrected chi connectivity index (χ0v) is 5.58. The summed E-state index contributed by atoms with van der Waals surface area (Å²) < 4.78 is 12.7. The lowest BCUT2D eigenvalue weighted by atomic mass is 10.1. The highest BCUT2D eigenvalue weighted by Crippen LogP contribution is 2.09. The molecule has 0 unspecified atom stereocenters. The van der Waals surface area contributed by atoms with Crippen molar-refractivity contribution in [1.29, 1.82) is 5.26 Å². The molecule has 0 saturated carbocycles. The second kappa shape index (κ2) is 3.13. The molecule has 1 aromatic rings. The normalized spacial score (nSPS) is 9.18. The Bertz CT molecular complexity index is 303. The number of aliphatic hydroxyl groups is 1. The summed E-state index contributed by atoms with van der Waals surface area (Å²) in [5.41, 5.74) is 0.331. The Kier molecular flexibility index (Phi) is 2.19. The maximum atomic E-state index is 12.7. The maximum Gasteiger partial charge on any atom is 0.141 e. The minimum Gasteiger partial charge on any atom is -0.385 e. The van der Waals surface area contributed by atoms with Gasteiger partial charge < -0.3 is 5.11 Å². The molecule has 2 nitrogen and oxygen atoms in total. The van der Waals surface area contributed by atoms with Crippen molar-refractivity contribution in [1.82, 2.24) is 0 Å². The van der Waals surface area contributed by atoms with Crippen molar-refractivity contribution in [3.05, 3.63) is 41.8 Å². The first-order chi connectivity index (χ1) is 5.27. The van der Waals surface area contributed by atoms with Crippen molar-refractivity contribution in [2.75, 3.05) is 0 Å². The SMILES string of the molecule is N#Cc1ccc([CH]O)cc1F. The van der Waals surface area contributed by atoms with Crippen LogP contribution in [0.15, 0.2) is 18.2 Å². The fraction of sp³-hybridized carbons (Fsp3) is 0. The Hall–Kier alpha value is -1.40. The van der Waals surface area contributed by atoms with E-state index in [1.807, 2.05) is 0 Å². The molecule has 1 aromatic carbocycles. The van der Waals surface area contributed by atoms with Crippen molar-refractivity contribution in [2.24, 2.45) is 0 Å². The van der Waals surface area contributed by atoms with Gasteiger partial charge in [0.25, 0.3) is 0 Å². The molecule has 0 atom stereocenters. The summed E-state index contributed by atoms with van der Waals surface area (Å²) in [5, 5.41) is 16.8. The molecule has 0 aromatic heterocycles. The quantitative estimate of drug-likeness (QED) is 0.660. The van der Waals surface area contributed by atoms with E-state index in [1.165, 1.54) is 12.1 Å². The summed E-state index contributed by atoms with van der Waals surface area (Å²) in [6.07, 6.45) is 0. The monoisotopic (exact) mass is 150 g/mol. The first-order valence-electron chi connectivity index (χ1n) is 2.95. The standard InChI is InChI=1S/C8H5FNO/c9-8-3-6(5-11)1-2-7(8)4-10/h1-3,5,11H. The van der Waals surface area contributed by atoms with Gasteiger partial charge in [0.2, 0.25) is 0 Å². The van der Waals surface area contributed by atoms with Crippen molar-refractivity contribution in [3.8, 4) is 6.07 Å². The molecule has 0 bridgehead atoms. The molecule has 11 heavy (non-hydrogen) atoms. The number of aliphatic hydroxyl groups excluding tert-OH is 1. The number of nitrogens with zero attached hydrogens (tertiary/aromatic N) is 1. The van der Waals surface area contributed by atoms with Gasteiger partial charge in [-0.1, -0.05) is 6.07 Å². The third-order valence-corrected chi connectivity index (χ3v) is 1.26. The molecule has 0 amide bonds. The molecule has 0 fully saturated rings. The topological polar surface area (TPSA) is 44.0 Å². The van der Waals surface area contributed by atoms with Gasteiger partial charge in [-0.25, -0.2) is 4.39 Å². The molecular weight excluding hydrogens is 145 g/mol. The highest BCUT2D eigenvalue weighted by atomic mass is 19.1. The third-order valence-electron chi connectivity index (χ3n) is 1.26. The van der Waals surface area contributed by atoms with Crippen LogP contribution < -0.4 is 0 Å². The number of nitriles is 1. The molecule has 0 aliphatic heterocycles. The van der Waals surface area contributed by atoms with Crippen LogP contribution in [0.2, 0.25) is 0 Å². The lowest BCUT2D eigenvalue weighted by molar-refractivity contribution is 0.414. The van der Waals surface area contributed by atoms with Gasteiger partial charge in [-0.3, -0.25) is 0 Å². The van der Waals surface area contributed by atoms with Crippen LogP contribution in [0, 0.1) is 23.8 Å². The summed E-state index contributed by atoms with van der Waals surface area (Å²) in [4.78, 5) is 0. The average Bonchev–Trinajstić information content (AvgIpc) is 2.04. The van der Waals surface area contributed by atoms with Gasteiger partial charge in [-0.15, -0.1) is 0 Å². The van der Waals surface area contributed by atoms with Crippen molar-refractivity contribution in [3.63, 3.8) is 0 Å². The van der Waals surface area contributed by atoms with Gasteiger partial charge in [0.1, 0.15) is 18.5 Å². The van der Waals surface area contributed by atoms with Crippen molar-refractivity contribution >= 4 is 0 Å². The maximum absolute atomic E-state index is 12.7. The molecule has 1 radical (unpaired) electrons. The van der Waals surface area contributed by atoms with Gasteiger partial charge in [-0.2, -0.15) is 5.26 Å². The van der Waals surface area contributed by atoms with Gasteiger partial charge in [-0.05, 0) is 17.7 Å². The Morgan fingerprint density at radius 3 is 2.73 bits per heavy atom. The first kappa shape index (κ1) is 7.70. The number of hydrogen-bond acceptors (Lipinski definition) is 2. The molecule has 1 rings (SSSR count). The molecular formula is C8H5FNO. The highest BCUT2D eigenvalue weighted by Gasteiger charge is 2.00. The van der Waals surface area contributed by atoms with Crippen LogP contribution in [0.4, 0.5) is 4.39 Å². The molecule has 0 saturated heterocycles. The lowest BCUT2D eigenvalue weighted by Gasteiger charge is -1.95. The van der Waals surface area contributed by atoms with Gasteiger partial charge in [0.05, 0.1) is 5.56 Å². The van der Waals surface area contributed by atoms with Crippen LogP contribution in [-0.4, -0.2) is 5.11 Å². The van der Waals surface area contributed by atoms with E-state index in [0.717, 1.165) is 12.7 Å². The Morgan fingerprint density at radius 1 is 1.55 bits per heavy atom. The zero-order chi connectivity index (χ0) is 8.27. The summed E-state index contributed by atoms with van der Waals surface area (Å²) in [6, 6.07) is 5.55. The van der Waals surface area contributed by atoms with Crippen LogP contribution in [0.3, 0.4) is 0 Å². The Labute approximate surface area is 63.5 Å². The highest BCUT2D eigenvalue weighted by molar-refractivity contribution is 5.34. The smallest absolute Gasteiger partial charge is 0.141 e. The van der Waals surface area contributed by atoms with Crippen LogP contribution in [0.5, 0.6) is 0 Å². The van der Waals surface area contributed by atoms with E-state index in [0.29, 0.717) is 5.56 Å². The van der Waals surface area contributed by atoms with E-state index in [4.69, 9.17) is 10.4 Å². The molecule has 0 heterocycles. The predicted molar refractivity (Wildman–Crippen MR) is 36.5 cm³/mol. The van der Waals surface area contributed by atoms with Gasteiger partial charge >= 0.3 is 0 Å². The van der Waals surface area contributed by atoms with E-state index in [2.05, 4.69) is 0 Å². The summed E-state index contributed by atoms with van der Waals surface area (Å²) >= 11 is 0. The second-order valence-electron chi connectivity index (χ2n) is 1.98. The first-order valence-corrected chi connectivity index (χ1v) is 2.95. The fourth-order valence-corrected chi connectivity index (χ4v) is 0.702. The molecule has 3 heteroatoms. The number of benzene rings is 1. The minimum absolute atomic E-state index is 0.0180. The number of rotatable bonds is 1. The third kappa shape index (κ3) is 1.54. The number of halogens is 1. The Balaban J connectivity index is 3.12. The average molecular weight is 150 g/mol. The molecule has 0 aliphatic rings. The molecule has 1 N–H and O–H groups in total.